The lowest BCUT2D eigenvalue weighted by Crippen LogP contribution is -2.38. The summed E-state index contributed by atoms with van der Waals surface area (Å²) in [6, 6.07) is 6.41. The zero-order chi connectivity index (χ0) is 14.2. The number of rotatable bonds is 2. The van der Waals surface area contributed by atoms with Crippen molar-refractivity contribution in [3.63, 3.8) is 0 Å². The molecule has 4 heteroatoms. The fourth-order valence-corrected chi connectivity index (χ4v) is 3.53. The molecule has 0 spiro atoms. The molecular weight excluding hydrogens is 314 g/mol. The molecule has 1 aromatic carbocycles. The largest absolute Gasteiger partial charge is 0.317 e. The van der Waals surface area contributed by atoms with E-state index in [-0.39, 0.29) is 5.41 Å². The molecule has 1 aromatic heterocycles. The smallest absolute Gasteiger partial charge is 0.0994 e. The van der Waals surface area contributed by atoms with Gasteiger partial charge in [0.25, 0.3) is 0 Å². The highest BCUT2D eigenvalue weighted by Crippen LogP contribution is 2.34. The Kier molecular flexibility index (Phi) is 3.69. The van der Waals surface area contributed by atoms with Crippen LogP contribution in [0.4, 0.5) is 0 Å². The maximum Gasteiger partial charge on any atom is 0.0994 e. The molecule has 3 nitrogen and oxygen atoms in total. The Morgan fingerprint density at radius 1 is 1.30 bits per heavy atom. The molecule has 3 rings (SSSR count). The Balaban J connectivity index is 2.05. The minimum atomic E-state index is 0.210. The summed E-state index contributed by atoms with van der Waals surface area (Å²) in [5, 5.41) is 3.44. The van der Waals surface area contributed by atoms with E-state index < -0.39 is 0 Å². The number of imidazole rings is 1. The molecule has 1 aliphatic rings. The number of hydrogen-bond acceptors (Lipinski definition) is 2. The number of aromatic nitrogens is 2. The first-order valence-electron chi connectivity index (χ1n) is 7.10. The van der Waals surface area contributed by atoms with Gasteiger partial charge in [-0.15, -0.1) is 0 Å². The number of piperidine rings is 1. The van der Waals surface area contributed by atoms with Crippen LogP contribution < -0.4 is 5.32 Å². The van der Waals surface area contributed by atoms with E-state index in [4.69, 9.17) is 0 Å². The number of nitrogens with one attached hydrogen (secondary N) is 1. The van der Waals surface area contributed by atoms with Gasteiger partial charge in [-0.1, -0.05) is 22.9 Å². The first-order valence-corrected chi connectivity index (χ1v) is 7.89. The third-order valence-corrected chi connectivity index (χ3v) is 4.88. The van der Waals surface area contributed by atoms with E-state index in [1.54, 1.807) is 0 Å². The van der Waals surface area contributed by atoms with Crippen molar-refractivity contribution in [1.82, 2.24) is 14.9 Å². The monoisotopic (exact) mass is 333 g/mol. The molecule has 0 amide bonds. The van der Waals surface area contributed by atoms with Gasteiger partial charge in [0.05, 0.1) is 6.33 Å². The summed E-state index contributed by atoms with van der Waals surface area (Å²) in [6.45, 7) is 6.67. The van der Waals surface area contributed by atoms with E-state index in [1.165, 1.54) is 16.9 Å². The van der Waals surface area contributed by atoms with E-state index in [1.807, 2.05) is 12.5 Å². The van der Waals surface area contributed by atoms with E-state index in [0.717, 1.165) is 30.4 Å². The first kappa shape index (κ1) is 13.8. The van der Waals surface area contributed by atoms with Crippen LogP contribution in [-0.4, -0.2) is 22.6 Å². The molecular formula is C16H20BrN3. The lowest BCUT2D eigenvalue weighted by molar-refractivity contribution is 0.324. The highest BCUT2D eigenvalue weighted by molar-refractivity contribution is 9.10. The predicted molar refractivity (Wildman–Crippen MR) is 85.5 cm³/mol. The summed E-state index contributed by atoms with van der Waals surface area (Å²) < 4.78 is 3.38. The van der Waals surface area contributed by atoms with Gasteiger partial charge in [0.2, 0.25) is 0 Å². The van der Waals surface area contributed by atoms with Crippen molar-refractivity contribution < 1.29 is 0 Å². The standard InChI is InChI=1S/C16H20BrN3/c1-12-9-13(17)3-4-14(12)20-11-19-10-15(20)16(2)5-7-18-8-6-16/h3-4,9-11,18H,5-8H2,1-2H3. The van der Waals surface area contributed by atoms with Crippen molar-refractivity contribution in [3.05, 3.63) is 46.5 Å². The van der Waals surface area contributed by atoms with Crippen LogP contribution in [0.25, 0.3) is 5.69 Å². The number of benzene rings is 1. The van der Waals surface area contributed by atoms with Crippen LogP contribution in [0.1, 0.15) is 31.0 Å². The van der Waals surface area contributed by atoms with Crippen molar-refractivity contribution in [2.75, 3.05) is 13.1 Å². The summed E-state index contributed by atoms with van der Waals surface area (Å²) in [7, 11) is 0. The van der Waals surface area contributed by atoms with E-state index >= 15 is 0 Å². The van der Waals surface area contributed by atoms with Crippen molar-refractivity contribution in [3.8, 4) is 5.69 Å². The van der Waals surface area contributed by atoms with Crippen molar-refractivity contribution in [2.24, 2.45) is 0 Å². The normalized spacial score (nSPS) is 18.1. The predicted octanol–water partition coefficient (Wildman–Crippen LogP) is 3.58. The van der Waals surface area contributed by atoms with Crippen LogP contribution in [-0.2, 0) is 5.41 Å². The Labute approximate surface area is 128 Å². The van der Waals surface area contributed by atoms with Gasteiger partial charge in [0, 0.05) is 27.5 Å². The van der Waals surface area contributed by atoms with Gasteiger partial charge in [0.15, 0.2) is 0 Å². The second-order valence-corrected chi connectivity index (χ2v) is 6.81. The summed E-state index contributed by atoms with van der Waals surface area (Å²) >= 11 is 3.53. The van der Waals surface area contributed by atoms with E-state index in [2.05, 4.69) is 62.8 Å². The molecule has 0 aliphatic carbocycles. The Morgan fingerprint density at radius 3 is 2.75 bits per heavy atom. The molecule has 0 radical (unpaired) electrons. The molecule has 1 N–H and O–H groups in total. The average Bonchev–Trinajstić information content (AvgIpc) is 2.89. The van der Waals surface area contributed by atoms with Crippen molar-refractivity contribution >= 4 is 15.9 Å². The quantitative estimate of drug-likeness (QED) is 0.910. The fourth-order valence-electron chi connectivity index (χ4n) is 3.06. The number of aryl methyl sites for hydroxylation is 1. The maximum atomic E-state index is 4.41. The summed E-state index contributed by atoms with van der Waals surface area (Å²) in [4.78, 5) is 4.41. The van der Waals surface area contributed by atoms with E-state index in [9.17, 15) is 0 Å². The minimum absolute atomic E-state index is 0.210. The molecule has 2 aromatic rings. The van der Waals surface area contributed by atoms with Gasteiger partial charge in [-0.05, 0) is 56.6 Å². The van der Waals surface area contributed by atoms with Crippen molar-refractivity contribution in [1.29, 1.82) is 0 Å². The number of nitrogens with zero attached hydrogens (tertiary/aromatic N) is 2. The molecule has 0 unspecified atom stereocenters. The molecule has 2 heterocycles. The van der Waals surface area contributed by atoms with Crippen molar-refractivity contribution in [2.45, 2.75) is 32.1 Å². The van der Waals surface area contributed by atoms with Gasteiger partial charge in [-0.3, -0.25) is 0 Å². The third-order valence-electron chi connectivity index (χ3n) is 4.38. The number of hydrogen-bond donors (Lipinski definition) is 1. The summed E-state index contributed by atoms with van der Waals surface area (Å²) in [6.07, 6.45) is 6.30. The minimum Gasteiger partial charge on any atom is -0.317 e. The number of halogens is 1. The van der Waals surface area contributed by atoms with Crippen LogP contribution in [0.15, 0.2) is 35.2 Å². The van der Waals surface area contributed by atoms with Gasteiger partial charge in [0.1, 0.15) is 0 Å². The van der Waals surface area contributed by atoms with Gasteiger partial charge in [-0.25, -0.2) is 4.98 Å². The topological polar surface area (TPSA) is 29.9 Å². The lowest BCUT2D eigenvalue weighted by Gasteiger charge is -2.34. The fraction of sp³-hybridized carbons (Fsp3) is 0.438. The summed E-state index contributed by atoms with van der Waals surface area (Å²) in [5.41, 5.74) is 4.02. The maximum absolute atomic E-state index is 4.41. The Morgan fingerprint density at radius 2 is 2.05 bits per heavy atom. The van der Waals surface area contributed by atoms with Crippen LogP contribution in [0.5, 0.6) is 0 Å². The molecule has 20 heavy (non-hydrogen) atoms. The lowest BCUT2D eigenvalue weighted by atomic mass is 9.78. The molecule has 0 atom stereocenters. The third kappa shape index (κ3) is 2.42. The molecule has 0 saturated carbocycles. The molecule has 106 valence electrons. The second-order valence-electron chi connectivity index (χ2n) is 5.89. The highest BCUT2D eigenvalue weighted by Gasteiger charge is 2.32. The van der Waals surface area contributed by atoms with Gasteiger partial charge in [-0.2, -0.15) is 0 Å². The molecule has 1 saturated heterocycles. The Bertz CT molecular complexity index is 612. The first-order chi connectivity index (χ1) is 9.60. The zero-order valence-electron chi connectivity index (χ0n) is 12.0. The average molecular weight is 334 g/mol. The van der Waals surface area contributed by atoms with E-state index in [0.29, 0.717) is 0 Å². The van der Waals surface area contributed by atoms with Gasteiger partial charge >= 0.3 is 0 Å². The highest BCUT2D eigenvalue weighted by atomic mass is 79.9. The van der Waals surface area contributed by atoms with Gasteiger partial charge < -0.3 is 9.88 Å². The van der Waals surface area contributed by atoms with Crippen LogP contribution >= 0.6 is 15.9 Å². The molecule has 0 bridgehead atoms. The zero-order valence-corrected chi connectivity index (χ0v) is 13.6. The van der Waals surface area contributed by atoms with Crippen LogP contribution in [0.2, 0.25) is 0 Å². The molecule has 1 fully saturated rings. The van der Waals surface area contributed by atoms with Crippen LogP contribution in [0, 0.1) is 6.92 Å². The Hall–Kier alpha value is -1.13. The molecule has 1 aliphatic heterocycles. The van der Waals surface area contributed by atoms with Crippen LogP contribution in [0.3, 0.4) is 0 Å². The second kappa shape index (κ2) is 5.34. The summed E-state index contributed by atoms with van der Waals surface area (Å²) in [5.74, 6) is 0. The SMILES string of the molecule is Cc1cc(Br)ccc1-n1cncc1C1(C)CCNCC1.